The standard InChI is InChI=1S/C18H17N5O3S3/c1-10-8-16(22-26-10)23-29(24,25)14-6-4-13(5-7-14)20-18-21-15(9-27-18)17-11(2)19-12(3)28-17/h4-9H,1-3H3,(H,20,21)(H,22,23)/p+1. The molecule has 3 aromatic heterocycles. The molecule has 11 heteroatoms. The molecule has 4 rings (SSSR count). The second kappa shape index (κ2) is 7.67. The van der Waals surface area contributed by atoms with Crippen LogP contribution in [0, 0.1) is 20.8 Å². The van der Waals surface area contributed by atoms with E-state index < -0.39 is 10.0 Å². The molecule has 0 unspecified atom stereocenters. The predicted octanol–water partition coefficient (Wildman–Crippen LogP) is 3.51. The van der Waals surface area contributed by atoms with E-state index in [1.54, 1.807) is 42.5 Å². The first-order valence-corrected chi connectivity index (χ1v) is 11.8. The summed E-state index contributed by atoms with van der Waals surface area (Å²) < 4.78 is 32.2. The summed E-state index contributed by atoms with van der Waals surface area (Å²) in [6, 6.07) is 8.10. The third-order valence-corrected chi connectivity index (χ3v) is 7.26. The van der Waals surface area contributed by atoms with E-state index in [0.29, 0.717) is 5.76 Å². The number of sulfonamides is 1. The zero-order valence-corrected chi connectivity index (χ0v) is 18.3. The van der Waals surface area contributed by atoms with Crippen molar-refractivity contribution in [3.05, 3.63) is 52.2 Å². The Bertz CT molecular complexity index is 1260. The van der Waals surface area contributed by atoms with E-state index in [9.17, 15) is 8.42 Å². The van der Waals surface area contributed by atoms with Gasteiger partial charge in [0, 0.05) is 23.6 Å². The first-order valence-electron chi connectivity index (χ1n) is 8.61. The van der Waals surface area contributed by atoms with Gasteiger partial charge in [0.1, 0.15) is 11.4 Å². The zero-order valence-electron chi connectivity index (χ0n) is 15.8. The number of nitrogens with two attached hydrogens (primary N) is 1. The van der Waals surface area contributed by atoms with Crippen LogP contribution < -0.4 is 10.0 Å². The molecular formula is C18H18N5O3S3+. The lowest BCUT2D eigenvalue weighted by Crippen LogP contribution is -2.70. The molecule has 0 bridgehead atoms. The number of hydrogen-bond acceptors (Lipinski definition) is 8. The molecule has 3 N–H and O–H groups in total. The topological polar surface area (TPSA) is 115 Å². The lowest BCUT2D eigenvalue weighted by atomic mass is 10.3. The monoisotopic (exact) mass is 448 g/mol. The Morgan fingerprint density at radius 2 is 1.86 bits per heavy atom. The van der Waals surface area contributed by atoms with Gasteiger partial charge in [0.2, 0.25) is 0 Å². The number of nitrogens with zero attached hydrogens (tertiary/aromatic N) is 3. The number of nitrogens with one attached hydrogen (secondary N) is 1. The van der Waals surface area contributed by atoms with Crippen molar-refractivity contribution < 1.29 is 18.3 Å². The maximum Gasteiger partial charge on any atom is 0.288 e. The number of thiazole rings is 2. The minimum absolute atomic E-state index is 0.144. The third-order valence-electron chi connectivity index (χ3n) is 4.01. The van der Waals surface area contributed by atoms with Gasteiger partial charge in [-0.25, -0.2) is 13.4 Å². The van der Waals surface area contributed by atoms with Gasteiger partial charge < -0.3 is 4.52 Å². The molecule has 0 spiro atoms. The van der Waals surface area contributed by atoms with Crippen molar-refractivity contribution in [2.24, 2.45) is 0 Å². The highest BCUT2D eigenvalue weighted by atomic mass is 32.2. The molecular weight excluding hydrogens is 430 g/mol. The van der Waals surface area contributed by atoms with E-state index >= 15 is 0 Å². The maximum absolute atomic E-state index is 12.5. The van der Waals surface area contributed by atoms with Gasteiger partial charge in [0.15, 0.2) is 5.82 Å². The fourth-order valence-electron chi connectivity index (χ4n) is 2.72. The Labute approximate surface area is 175 Å². The number of rotatable bonds is 6. The summed E-state index contributed by atoms with van der Waals surface area (Å²) in [6.07, 6.45) is 0. The first-order chi connectivity index (χ1) is 13.8. The molecule has 0 saturated carbocycles. The molecule has 0 radical (unpaired) electrons. The van der Waals surface area contributed by atoms with Crippen LogP contribution in [0.15, 0.2) is 45.1 Å². The summed E-state index contributed by atoms with van der Waals surface area (Å²) >= 11 is 3.16. The molecule has 29 heavy (non-hydrogen) atoms. The van der Waals surface area contributed by atoms with E-state index in [1.165, 1.54) is 17.4 Å². The summed E-state index contributed by atoms with van der Waals surface area (Å²) in [4.78, 5) is 10.3. The van der Waals surface area contributed by atoms with Crippen molar-refractivity contribution in [2.45, 2.75) is 25.7 Å². The van der Waals surface area contributed by atoms with Gasteiger partial charge in [0.25, 0.3) is 15.2 Å². The minimum atomic E-state index is -3.73. The van der Waals surface area contributed by atoms with Crippen molar-refractivity contribution in [2.75, 3.05) is 4.72 Å². The van der Waals surface area contributed by atoms with Crippen molar-refractivity contribution in [3.8, 4) is 10.6 Å². The van der Waals surface area contributed by atoms with Crippen LogP contribution in [0.3, 0.4) is 0 Å². The van der Waals surface area contributed by atoms with E-state index in [0.717, 1.165) is 32.1 Å². The molecule has 0 atom stereocenters. The van der Waals surface area contributed by atoms with E-state index in [4.69, 9.17) is 4.52 Å². The van der Waals surface area contributed by atoms with Crippen LogP contribution in [0.1, 0.15) is 16.5 Å². The highest BCUT2D eigenvalue weighted by Gasteiger charge is 2.18. The SMILES string of the molecule is Cc1cc(NS(=O)(=O)c2ccc([NH2+]c3nc(-c4sc(C)nc4C)cs3)cc2)no1. The minimum Gasteiger partial charge on any atom is -0.360 e. The van der Waals surface area contributed by atoms with E-state index in [2.05, 4.69) is 19.8 Å². The molecule has 0 saturated heterocycles. The van der Waals surface area contributed by atoms with Gasteiger partial charge in [0.05, 0.1) is 26.2 Å². The van der Waals surface area contributed by atoms with Gasteiger partial charge in [-0.3, -0.25) is 10.0 Å². The van der Waals surface area contributed by atoms with E-state index in [-0.39, 0.29) is 10.7 Å². The normalized spacial score (nSPS) is 11.7. The maximum atomic E-state index is 12.5. The molecule has 150 valence electrons. The number of aryl methyl sites for hydroxylation is 3. The van der Waals surface area contributed by atoms with Crippen LogP contribution in [0.2, 0.25) is 0 Å². The van der Waals surface area contributed by atoms with Crippen molar-refractivity contribution in [1.82, 2.24) is 15.1 Å². The van der Waals surface area contributed by atoms with Crippen LogP contribution in [0.25, 0.3) is 10.6 Å². The van der Waals surface area contributed by atoms with E-state index in [1.807, 2.05) is 24.5 Å². The summed E-state index contributed by atoms with van der Waals surface area (Å²) in [6.45, 7) is 5.65. The quantitative estimate of drug-likeness (QED) is 0.436. The number of hydrogen-bond donors (Lipinski definition) is 2. The molecule has 3 heterocycles. The second-order valence-electron chi connectivity index (χ2n) is 6.36. The number of aromatic nitrogens is 3. The molecule has 4 aromatic rings. The number of quaternary nitrogens is 1. The third kappa shape index (κ3) is 4.37. The van der Waals surface area contributed by atoms with Crippen molar-refractivity contribution >= 4 is 49.3 Å². The largest absolute Gasteiger partial charge is 0.360 e. The number of benzene rings is 1. The van der Waals surface area contributed by atoms with Crippen LogP contribution in [0.5, 0.6) is 0 Å². The van der Waals surface area contributed by atoms with Gasteiger partial charge in [-0.1, -0.05) is 16.5 Å². The molecule has 0 amide bonds. The van der Waals surface area contributed by atoms with Gasteiger partial charge in [-0.05, 0) is 32.9 Å². The van der Waals surface area contributed by atoms with Gasteiger partial charge in [-0.2, -0.15) is 4.98 Å². The smallest absolute Gasteiger partial charge is 0.288 e. The Morgan fingerprint density at radius 1 is 1.10 bits per heavy atom. The molecule has 1 aromatic carbocycles. The molecule has 0 aliphatic heterocycles. The predicted molar refractivity (Wildman–Crippen MR) is 112 cm³/mol. The summed E-state index contributed by atoms with van der Waals surface area (Å²) in [5.74, 6) is 0.682. The molecule has 0 aliphatic rings. The average Bonchev–Trinajstić information content (AvgIpc) is 3.36. The molecule has 8 nitrogen and oxygen atoms in total. The summed E-state index contributed by atoms with van der Waals surface area (Å²) in [7, 11) is -3.73. The summed E-state index contributed by atoms with van der Waals surface area (Å²) in [5.41, 5.74) is 2.75. The Morgan fingerprint density at radius 3 is 2.48 bits per heavy atom. The Kier molecular flexibility index (Phi) is 5.21. The summed E-state index contributed by atoms with van der Waals surface area (Å²) in [5, 5.41) is 9.44. The van der Waals surface area contributed by atoms with Crippen molar-refractivity contribution in [3.63, 3.8) is 0 Å². The fourth-order valence-corrected chi connectivity index (χ4v) is 5.42. The van der Waals surface area contributed by atoms with Crippen LogP contribution >= 0.6 is 22.7 Å². The first kappa shape index (κ1) is 19.7. The van der Waals surface area contributed by atoms with Crippen molar-refractivity contribution in [1.29, 1.82) is 0 Å². The van der Waals surface area contributed by atoms with Crippen LogP contribution in [-0.4, -0.2) is 23.5 Å². The number of anilines is 1. The molecule has 0 aliphatic carbocycles. The second-order valence-corrected chi connectivity index (χ2v) is 10.1. The lowest BCUT2D eigenvalue weighted by Gasteiger charge is -2.05. The Hall–Kier alpha value is -2.60. The fraction of sp³-hybridized carbons (Fsp3) is 0.167. The Balaban J connectivity index is 1.48. The van der Waals surface area contributed by atoms with Gasteiger partial charge >= 0.3 is 0 Å². The van der Waals surface area contributed by atoms with Gasteiger partial charge in [-0.15, -0.1) is 11.3 Å². The molecule has 0 fully saturated rings. The highest BCUT2D eigenvalue weighted by Crippen LogP contribution is 2.31. The van der Waals surface area contributed by atoms with Crippen LogP contribution in [0.4, 0.5) is 16.6 Å². The van der Waals surface area contributed by atoms with Crippen LogP contribution in [-0.2, 0) is 10.0 Å². The lowest BCUT2D eigenvalue weighted by molar-refractivity contribution is -0.478. The zero-order chi connectivity index (χ0) is 20.6. The highest BCUT2D eigenvalue weighted by molar-refractivity contribution is 7.92. The average molecular weight is 449 g/mol.